The minimum Gasteiger partial charge on any atom is -0.427 e. The molecule has 1 saturated carbocycles. The molecule has 0 aromatic rings. The summed E-state index contributed by atoms with van der Waals surface area (Å²) in [5.74, 6) is 2.99. The quantitative estimate of drug-likeness (QED) is 0.284. The first-order chi connectivity index (χ1) is 11.0. The van der Waals surface area contributed by atoms with Gasteiger partial charge in [-0.05, 0) is 68.9 Å². The molecule has 0 bridgehead atoms. The smallest absolute Gasteiger partial charge is 0.314 e. The standard InChI is InChI=1S/C21H36O2/c1-6-9-19(21(22)23-20(7-2)8-3)15-12-17(5)18-13-10-16(4)11-14-18/h7-8,16-19H,2,6,9-15H2,1,3-5H3/b20-8+. The van der Waals surface area contributed by atoms with Crippen LogP contribution >= 0.6 is 0 Å². The minimum absolute atomic E-state index is 0.0277. The Morgan fingerprint density at radius 3 is 2.39 bits per heavy atom. The largest absolute Gasteiger partial charge is 0.427 e. The van der Waals surface area contributed by atoms with E-state index in [0.29, 0.717) is 5.76 Å². The lowest BCUT2D eigenvalue weighted by Crippen LogP contribution is -2.22. The number of allylic oxidation sites excluding steroid dienone is 2. The fourth-order valence-corrected chi connectivity index (χ4v) is 3.70. The van der Waals surface area contributed by atoms with Crippen molar-refractivity contribution in [2.75, 3.05) is 0 Å². The van der Waals surface area contributed by atoms with Gasteiger partial charge in [0, 0.05) is 0 Å². The Labute approximate surface area is 143 Å². The molecule has 2 nitrogen and oxygen atoms in total. The molecule has 1 aliphatic rings. The van der Waals surface area contributed by atoms with Crippen LogP contribution in [-0.2, 0) is 9.53 Å². The van der Waals surface area contributed by atoms with Crippen LogP contribution in [0.15, 0.2) is 24.5 Å². The molecule has 0 N–H and O–H groups in total. The van der Waals surface area contributed by atoms with Crippen molar-refractivity contribution in [3.05, 3.63) is 24.5 Å². The maximum absolute atomic E-state index is 12.4. The topological polar surface area (TPSA) is 26.3 Å². The van der Waals surface area contributed by atoms with Gasteiger partial charge in [0.15, 0.2) is 0 Å². The van der Waals surface area contributed by atoms with Crippen LogP contribution in [0.2, 0.25) is 0 Å². The van der Waals surface area contributed by atoms with E-state index in [2.05, 4.69) is 27.4 Å². The Balaban J connectivity index is 2.48. The van der Waals surface area contributed by atoms with Gasteiger partial charge in [0.2, 0.25) is 0 Å². The summed E-state index contributed by atoms with van der Waals surface area (Å²) in [5, 5.41) is 0. The molecule has 0 spiro atoms. The fourth-order valence-electron chi connectivity index (χ4n) is 3.70. The van der Waals surface area contributed by atoms with Crippen LogP contribution < -0.4 is 0 Å². The fraction of sp³-hybridized carbons (Fsp3) is 0.762. The highest BCUT2D eigenvalue weighted by Gasteiger charge is 2.26. The maximum Gasteiger partial charge on any atom is 0.314 e. The van der Waals surface area contributed by atoms with Crippen LogP contribution in [0, 0.1) is 23.7 Å². The monoisotopic (exact) mass is 320 g/mol. The highest BCUT2D eigenvalue weighted by Crippen LogP contribution is 2.35. The SMILES string of the molecule is C=C/C(=C\C)OC(=O)C(CCC)CCC(C)C1CCC(C)CC1. The van der Waals surface area contributed by atoms with Crippen LogP contribution in [0.4, 0.5) is 0 Å². The molecular formula is C21H36O2. The molecule has 0 heterocycles. The summed E-state index contributed by atoms with van der Waals surface area (Å²) in [4.78, 5) is 12.4. The molecule has 2 heteroatoms. The molecule has 23 heavy (non-hydrogen) atoms. The van der Waals surface area contributed by atoms with Crippen LogP contribution in [0.1, 0.15) is 79.1 Å². The molecule has 0 saturated heterocycles. The number of esters is 1. The van der Waals surface area contributed by atoms with E-state index in [-0.39, 0.29) is 11.9 Å². The van der Waals surface area contributed by atoms with Crippen molar-refractivity contribution in [3.8, 4) is 0 Å². The highest BCUT2D eigenvalue weighted by atomic mass is 16.5. The Kier molecular flexibility index (Phi) is 9.28. The van der Waals surface area contributed by atoms with Gasteiger partial charge in [-0.2, -0.15) is 0 Å². The molecule has 0 aliphatic heterocycles. The molecule has 2 atom stereocenters. The third-order valence-electron chi connectivity index (χ3n) is 5.51. The second kappa shape index (κ2) is 10.7. The summed E-state index contributed by atoms with van der Waals surface area (Å²) >= 11 is 0. The lowest BCUT2D eigenvalue weighted by molar-refractivity contribution is -0.144. The predicted octanol–water partition coefficient (Wildman–Crippen LogP) is 6.28. The van der Waals surface area contributed by atoms with Gasteiger partial charge < -0.3 is 4.74 Å². The van der Waals surface area contributed by atoms with Crippen molar-refractivity contribution in [1.82, 2.24) is 0 Å². The van der Waals surface area contributed by atoms with Crippen molar-refractivity contribution in [3.63, 3.8) is 0 Å². The Morgan fingerprint density at radius 2 is 1.87 bits per heavy atom. The minimum atomic E-state index is -0.0793. The molecule has 0 amide bonds. The van der Waals surface area contributed by atoms with Crippen LogP contribution in [0.5, 0.6) is 0 Å². The van der Waals surface area contributed by atoms with Crippen LogP contribution in [0.3, 0.4) is 0 Å². The van der Waals surface area contributed by atoms with Crippen molar-refractivity contribution in [2.45, 2.75) is 79.1 Å². The molecule has 1 aliphatic carbocycles. The Morgan fingerprint density at radius 1 is 1.22 bits per heavy atom. The summed E-state index contributed by atoms with van der Waals surface area (Å²) < 4.78 is 5.46. The van der Waals surface area contributed by atoms with Crippen molar-refractivity contribution < 1.29 is 9.53 Å². The normalized spacial score (nSPS) is 24.8. The molecule has 132 valence electrons. The molecule has 1 rings (SSSR count). The van der Waals surface area contributed by atoms with Gasteiger partial charge in [0.05, 0.1) is 5.92 Å². The summed E-state index contributed by atoms with van der Waals surface area (Å²) in [6.07, 6.45) is 12.9. The van der Waals surface area contributed by atoms with Gasteiger partial charge >= 0.3 is 5.97 Å². The second-order valence-electron chi connectivity index (χ2n) is 7.38. The molecule has 0 aromatic heterocycles. The van der Waals surface area contributed by atoms with Gasteiger partial charge in [-0.25, -0.2) is 0 Å². The number of carbonyl (C=O) groups is 1. The zero-order valence-electron chi connectivity index (χ0n) is 15.6. The number of carbonyl (C=O) groups excluding carboxylic acids is 1. The molecule has 0 radical (unpaired) electrons. The third-order valence-corrected chi connectivity index (χ3v) is 5.51. The average molecular weight is 321 g/mol. The van der Waals surface area contributed by atoms with E-state index in [0.717, 1.165) is 43.4 Å². The van der Waals surface area contributed by atoms with E-state index in [1.54, 1.807) is 12.2 Å². The van der Waals surface area contributed by atoms with Crippen molar-refractivity contribution >= 4 is 5.97 Å². The highest BCUT2D eigenvalue weighted by molar-refractivity contribution is 5.73. The molecular weight excluding hydrogens is 284 g/mol. The van der Waals surface area contributed by atoms with Gasteiger partial charge in [-0.3, -0.25) is 4.79 Å². The first-order valence-corrected chi connectivity index (χ1v) is 9.52. The van der Waals surface area contributed by atoms with E-state index in [1.165, 1.54) is 25.7 Å². The van der Waals surface area contributed by atoms with Gasteiger partial charge in [-0.15, -0.1) is 0 Å². The van der Waals surface area contributed by atoms with E-state index < -0.39 is 0 Å². The first-order valence-electron chi connectivity index (χ1n) is 9.52. The second-order valence-corrected chi connectivity index (χ2v) is 7.38. The lowest BCUT2D eigenvalue weighted by Gasteiger charge is -2.31. The molecule has 1 fully saturated rings. The zero-order chi connectivity index (χ0) is 17.2. The lowest BCUT2D eigenvalue weighted by atomic mass is 9.75. The zero-order valence-corrected chi connectivity index (χ0v) is 15.6. The van der Waals surface area contributed by atoms with E-state index in [9.17, 15) is 4.79 Å². The number of hydrogen-bond donors (Lipinski definition) is 0. The van der Waals surface area contributed by atoms with Crippen molar-refractivity contribution in [1.29, 1.82) is 0 Å². The summed E-state index contributed by atoms with van der Waals surface area (Å²) in [6, 6.07) is 0. The van der Waals surface area contributed by atoms with Crippen LogP contribution in [-0.4, -0.2) is 5.97 Å². The average Bonchev–Trinajstić information content (AvgIpc) is 2.56. The van der Waals surface area contributed by atoms with Gasteiger partial charge in [-0.1, -0.05) is 46.6 Å². The summed E-state index contributed by atoms with van der Waals surface area (Å²) in [6.45, 7) is 12.4. The Hall–Kier alpha value is -1.05. The molecule has 2 unspecified atom stereocenters. The number of hydrogen-bond acceptors (Lipinski definition) is 2. The van der Waals surface area contributed by atoms with E-state index >= 15 is 0 Å². The first kappa shape index (κ1) is 20.0. The number of ether oxygens (including phenoxy) is 1. The van der Waals surface area contributed by atoms with Gasteiger partial charge in [0.25, 0.3) is 0 Å². The van der Waals surface area contributed by atoms with E-state index in [1.807, 2.05) is 6.92 Å². The summed E-state index contributed by atoms with van der Waals surface area (Å²) in [5.41, 5.74) is 0. The Bertz CT molecular complexity index is 389. The summed E-state index contributed by atoms with van der Waals surface area (Å²) in [7, 11) is 0. The molecule has 0 aromatic carbocycles. The van der Waals surface area contributed by atoms with Crippen molar-refractivity contribution in [2.24, 2.45) is 23.7 Å². The number of rotatable bonds is 9. The van der Waals surface area contributed by atoms with Gasteiger partial charge in [0.1, 0.15) is 5.76 Å². The van der Waals surface area contributed by atoms with Crippen LogP contribution in [0.25, 0.3) is 0 Å². The predicted molar refractivity (Wildman–Crippen MR) is 98.0 cm³/mol. The third kappa shape index (κ3) is 6.93. The maximum atomic E-state index is 12.4. The van der Waals surface area contributed by atoms with E-state index in [4.69, 9.17) is 4.74 Å².